The summed E-state index contributed by atoms with van der Waals surface area (Å²) in [4.78, 5) is 44.1. The Balaban J connectivity index is 2.51. The zero-order chi connectivity index (χ0) is 10.7. The lowest BCUT2D eigenvalue weighted by atomic mass is 10.4. The molecule has 2 amide bonds. The van der Waals surface area contributed by atoms with Gasteiger partial charge in [0.15, 0.2) is 0 Å². The molecule has 0 aromatic carbocycles. The minimum Gasteiger partial charge on any atom is -0.392 e. The highest BCUT2D eigenvalue weighted by Gasteiger charge is 2.31. The predicted molar refractivity (Wildman–Crippen MR) is 42.7 cm³/mol. The molecule has 0 radical (unpaired) electrons. The van der Waals surface area contributed by atoms with E-state index in [1.54, 1.807) is 0 Å². The van der Waals surface area contributed by atoms with Crippen molar-refractivity contribution in [3.05, 3.63) is 0 Å². The average molecular weight is 199 g/mol. The van der Waals surface area contributed by atoms with E-state index in [9.17, 15) is 19.2 Å². The maximum absolute atomic E-state index is 11.0. The first-order valence-corrected chi connectivity index (χ1v) is 4.05. The molecule has 0 aromatic heterocycles. The Morgan fingerprint density at radius 1 is 1.29 bits per heavy atom. The number of imide groups is 1. The molecule has 0 aromatic rings. The summed E-state index contributed by atoms with van der Waals surface area (Å²) in [7, 11) is 0. The van der Waals surface area contributed by atoms with E-state index in [4.69, 9.17) is 0 Å². The van der Waals surface area contributed by atoms with Gasteiger partial charge in [0.25, 0.3) is 0 Å². The third-order valence-corrected chi connectivity index (χ3v) is 1.70. The molecule has 1 aliphatic rings. The highest BCUT2D eigenvalue weighted by molar-refractivity contribution is 6.04. The number of esters is 2. The van der Waals surface area contributed by atoms with E-state index in [2.05, 4.69) is 4.74 Å². The fourth-order valence-electron chi connectivity index (χ4n) is 1.12. The Bertz CT molecular complexity index is 293. The second-order valence-electron chi connectivity index (χ2n) is 2.84. The number of carbonyl (C=O) groups excluding carboxylic acids is 4. The maximum atomic E-state index is 11.0. The Hall–Kier alpha value is -1.72. The van der Waals surface area contributed by atoms with E-state index in [-0.39, 0.29) is 12.8 Å². The van der Waals surface area contributed by atoms with Crippen LogP contribution in [0, 0.1) is 0 Å². The van der Waals surface area contributed by atoms with E-state index >= 15 is 0 Å². The number of carbonyl (C=O) groups is 4. The SMILES string of the molecule is CC(=O)OC(=O)CN1C(=O)CCC1=O. The molecule has 14 heavy (non-hydrogen) atoms. The topological polar surface area (TPSA) is 80.8 Å². The third-order valence-electron chi connectivity index (χ3n) is 1.70. The fourth-order valence-corrected chi connectivity index (χ4v) is 1.12. The number of nitrogens with zero attached hydrogens (tertiary/aromatic N) is 1. The third kappa shape index (κ3) is 2.38. The molecule has 1 rings (SSSR count). The van der Waals surface area contributed by atoms with Crippen LogP contribution in [0.5, 0.6) is 0 Å². The van der Waals surface area contributed by atoms with E-state index < -0.39 is 30.3 Å². The van der Waals surface area contributed by atoms with Gasteiger partial charge in [-0.3, -0.25) is 19.3 Å². The summed E-state index contributed by atoms with van der Waals surface area (Å²) in [5.41, 5.74) is 0. The van der Waals surface area contributed by atoms with Crippen molar-refractivity contribution in [2.45, 2.75) is 19.8 Å². The molecule has 1 aliphatic heterocycles. The molecule has 0 unspecified atom stereocenters. The number of hydrogen-bond donors (Lipinski definition) is 0. The fraction of sp³-hybridized carbons (Fsp3) is 0.500. The highest BCUT2D eigenvalue weighted by Crippen LogP contribution is 2.10. The molecule has 1 saturated heterocycles. The van der Waals surface area contributed by atoms with Gasteiger partial charge in [-0.25, -0.2) is 4.79 Å². The molecule has 6 nitrogen and oxygen atoms in total. The first kappa shape index (κ1) is 10.4. The van der Waals surface area contributed by atoms with Crippen molar-refractivity contribution in [1.29, 1.82) is 0 Å². The average Bonchev–Trinajstić information content (AvgIpc) is 2.34. The van der Waals surface area contributed by atoms with Gasteiger partial charge in [0, 0.05) is 19.8 Å². The maximum Gasteiger partial charge on any atom is 0.333 e. The number of rotatable bonds is 2. The van der Waals surface area contributed by atoms with Crippen LogP contribution in [0.15, 0.2) is 0 Å². The van der Waals surface area contributed by atoms with Crippen LogP contribution in [0.3, 0.4) is 0 Å². The molecule has 76 valence electrons. The van der Waals surface area contributed by atoms with Crippen LogP contribution >= 0.6 is 0 Å². The van der Waals surface area contributed by atoms with Gasteiger partial charge in [0.05, 0.1) is 0 Å². The number of ether oxygens (including phenoxy) is 1. The van der Waals surface area contributed by atoms with Crippen molar-refractivity contribution in [3.8, 4) is 0 Å². The second-order valence-corrected chi connectivity index (χ2v) is 2.84. The van der Waals surface area contributed by atoms with Gasteiger partial charge in [0.1, 0.15) is 6.54 Å². The molecule has 6 heteroatoms. The summed E-state index contributed by atoms with van der Waals surface area (Å²) >= 11 is 0. The van der Waals surface area contributed by atoms with Crippen LogP contribution in [0.1, 0.15) is 19.8 Å². The molecule has 0 spiro atoms. The van der Waals surface area contributed by atoms with Crippen LogP contribution in [-0.4, -0.2) is 35.2 Å². The van der Waals surface area contributed by atoms with Crippen LogP contribution in [0.25, 0.3) is 0 Å². The molecular weight excluding hydrogens is 190 g/mol. The zero-order valence-electron chi connectivity index (χ0n) is 7.61. The molecule has 0 bridgehead atoms. The lowest BCUT2D eigenvalue weighted by Crippen LogP contribution is -2.35. The highest BCUT2D eigenvalue weighted by atomic mass is 16.6. The lowest BCUT2D eigenvalue weighted by Gasteiger charge is -2.11. The predicted octanol–water partition coefficient (Wildman–Crippen LogP) is -0.775. The lowest BCUT2D eigenvalue weighted by molar-refractivity contribution is -0.161. The summed E-state index contributed by atoms with van der Waals surface area (Å²) in [6.07, 6.45) is 0.234. The molecule has 1 fully saturated rings. The Morgan fingerprint density at radius 3 is 2.21 bits per heavy atom. The van der Waals surface area contributed by atoms with Crippen LogP contribution in [0.2, 0.25) is 0 Å². The smallest absolute Gasteiger partial charge is 0.333 e. The number of amides is 2. The van der Waals surface area contributed by atoms with Gasteiger partial charge in [-0.1, -0.05) is 0 Å². The molecule has 0 aliphatic carbocycles. The molecule has 0 N–H and O–H groups in total. The molecule has 1 heterocycles. The molecular formula is C8H9NO5. The van der Waals surface area contributed by atoms with Crippen molar-refractivity contribution < 1.29 is 23.9 Å². The van der Waals surface area contributed by atoms with Gasteiger partial charge < -0.3 is 4.74 Å². The van der Waals surface area contributed by atoms with Gasteiger partial charge in [-0.2, -0.15) is 0 Å². The van der Waals surface area contributed by atoms with Crippen molar-refractivity contribution in [2.24, 2.45) is 0 Å². The first-order chi connectivity index (χ1) is 6.50. The van der Waals surface area contributed by atoms with E-state index in [1.807, 2.05) is 0 Å². The monoisotopic (exact) mass is 199 g/mol. The standard InChI is InChI=1S/C8H9NO5/c1-5(10)14-8(13)4-9-6(11)2-3-7(9)12/h2-4H2,1H3. The van der Waals surface area contributed by atoms with Gasteiger partial charge >= 0.3 is 11.9 Å². The van der Waals surface area contributed by atoms with Gasteiger partial charge in [-0.05, 0) is 0 Å². The van der Waals surface area contributed by atoms with Crippen molar-refractivity contribution in [1.82, 2.24) is 4.90 Å². The van der Waals surface area contributed by atoms with Crippen LogP contribution in [0.4, 0.5) is 0 Å². The number of likely N-dealkylation sites (tertiary alicyclic amines) is 1. The summed E-state index contributed by atoms with van der Waals surface area (Å²) < 4.78 is 4.18. The van der Waals surface area contributed by atoms with E-state index in [1.165, 1.54) is 0 Å². The molecule has 0 atom stereocenters. The van der Waals surface area contributed by atoms with E-state index in [0.29, 0.717) is 0 Å². The summed E-state index contributed by atoms with van der Waals surface area (Å²) in [5.74, 6) is -2.46. The Morgan fingerprint density at radius 2 is 1.79 bits per heavy atom. The first-order valence-electron chi connectivity index (χ1n) is 4.05. The normalized spacial score (nSPS) is 15.9. The minimum atomic E-state index is -0.888. The van der Waals surface area contributed by atoms with Crippen molar-refractivity contribution in [2.75, 3.05) is 6.54 Å². The number of hydrogen-bond acceptors (Lipinski definition) is 5. The van der Waals surface area contributed by atoms with Gasteiger partial charge in [-0.15, -0.1) is 0 Å². The summed E-state index contributed by atoms with van der Waals surface area (Å²) in [6.45, 7) is 0.600. The zero-order valence-corrected chi connectivity index (χ0v) is 7.61. The quantitative estimate of drug-likeness (QED) is 0.331. The summed E-state index contributed by atoms with van der Waals surface area (Å²) in [6, 6.07) is 0. The van der Waals surface area contributed by atoms with Gasteiger partial charge in [0.2, 0.25) is 11.8 Å². The Kier molecular flexibility index (Phi) is 2.95. The van der Waals surface area contributed by atoms with Crippen molar-refractivity contribution >= 4 is 23.8 Å². The minimum absolute atomic E-state index is 0.117. The second kappa shape index (κ2) is 3.99. The van der Waals surface area contributed by atoms with Crippen molar-refractivity contribution in [3.63, 3.8) is 0 Å². The largest absolute Gasteiger partial charge is 0.392 e. The Labute approximate surface area is 79.8 Å². The van der Waals surface area contributed by atoms with Crippen LogP contribution < -0.4 is 0 Å². The summed E-state index contributed by atoms with van der Waals surface area (Å²) in [5, 5.41) is 0. The van der Waals surface area contributed by atoms with Crippen LogP contribution in [-0.2, 0) is 23.9 Å². The molecule has 0 saturated carbocycles. The van der Waals surface area contributed by atoms with E-state index in [0.717, 1.165) is 11.8 Å².